The maximum absolute atomic E-state index is 12.1. The topological polar surface area (TPSA) is 98.5 Å². The monoisotopic (exact) mass is 381 g/mol. The van der Waals surface area contributed by atoms with E-state index in [1.807, 2.05) is 32.0 Å². The number of fused-ring (bicyclic) bond motifs is 1. The SMILES string of the molecule is Cc1nc2ncnn2c(C)c1CC(=O)OCC(=O)NCCCc1ccccc1. The Morgan fingerprint density at radius 2 is 1.96 bits per heavy atom. The molecule has 3 rings (SSSR count). The van der Waals surface area contributed by atoms with E-state index in [-0.39, 0.29) is 18.9 Å². The van der Waals surface area contributed by atoms with Crippen LogP contribution < -0.4 is 5.32 Å². The van der Waals surface area contributed by atoms with Crippen LogP contribution in [-0.4, -0.2) is 44.6 Å². The second-order valence-electron chi connectivity index (χ2n) is 6.51. The van der Waals surface area contributed by atoms with Gasteiger partial charge >= 0.3 is 5.97 Å². The Balaban J connectivity index is 1.42. The molecule has 0 radical (unpaired) electrons. The summed E-state index contributed by atoms with van der Waals surface area (Å²) in [6.07, 6.45) is 3.16. The summed E-state index contributed by atoms with van der Waals surface area (Å²) < 4.78 is 6.68. The molecule has 0 aliphatic carbocycles. The third-order valence-corrected chi connectivity index (χ3v) is 4.48. The molecule has 0 fully saturated rings. The summed E-state index contributed by atoms with van der Waals surface area (Å²) in [6, 6.07) is 10.1. The van der Waals surface area contributed by atoms with Gasteiger partial charge in [0.25, 0.3) is 11.7 Å². The number of benzene rings is 1. The largest absolute Gasteiger partial charge is 0.455 e. The molecule has 1 N–H and O–H groups in total. The van der Waals surface area contributed by atoms with E-state index >= 15 is 0 Å². The lowest BCUT2D eigenvalue weighted by Gasteiger charge is -2.10. The second kappa shape index (κ2) is 9.07. The number of amides is 1. The molecule has 3 aromatic rings. The Morgan fingerprint density at radius 1 is 1.18 bits per heavy atom. The highest BCUT2D eigenvalue weighted by Crippen LogP contribution is 2.14. The van der Waals surface area contributed by atoms with Gasteiger partial charge in [0, 0.05) is 23.5 Å². The van der Waals surface area contributed by atoms with Crippen LogP contribution in [0.25, 0.3) is 5.78 Å². The van der Waals surface area contributed by atoms with E-state index < -0.39 is 5.97 Å². The predicted octanol–water partition coefficient (Wildman–Crippen LogP) is 1.58. The van der Waals surface area contributed by atoms with Crippen LogP contribution in [0.4, 0.5) is 0 Å². The van der Waals surface area contributed by atoms with Crippen molar-refractivity contribution in [3.63, 3.8) is 0 Å². The fourth-order valence-corrected chi connectivity index (χ4v) is 2.97. The Kier molecular flexibility index (Phi) is 6.31. The van der Waals surface area contributed by atoms with Crippen molar-refractivity contribution in [1.82, 2.24) is 24.9 Å². The van der Waals surface area contributed by atoms with Gasteiger partial charge in [0.15, 0.2) is 6.61 Å². The molecule has 0 aliphatic heterocycles. The van der Waals surface area contributed by atoms with Gasteiger partial charge in [-0.15, -0.1) is 0 Å². The first kappa shape index (κ1) is 19.5. The van der Waals surface area contributed by atoms with Gasteiger partial charge in [-0.3, -0.25) is 9.59 Å². The summed E-state index contributed by atoms with van der Waals surface area (Å²) in [5.41, 5.74) is 3.43. The van der Waals surface area contributed by atoms with Gasteiger partial charge in [0.05, 0.1) is 6.42 Å². The van der Waals surface area contributed by atoms with Gasteiger partial charge in [0.1, 0.15) is 6.33 Å². The van der Waals surface area contributed by atoms with Crippen LogP contribution in [0.1, 0.15) is 28.9 Å². The minimum absolute atomic E-state index is 0.0295. The minimum Gasteiger partial charge on any atom is -0.455 e. The number of rotatable bonds is 8. The van der Waals surface area contributed by atoms with Crippen molar-refractivity contribution >= 4 is 17.7 Å². The fourth-order valence-electron chi connectivity index (χ4n) is 2.97. The molecule has 0 unspecified atom stereocenters. The maximum atomic E-state index is 12.1. The van der Waals surface area contributed by atoms with Crippen LogP contribution in [0.3, 0.4) is 0 Å². The number of ether oxygens (including phenoxy) is 1. The average molecular weight is 381 g/mol. The summed E-state index contributed by atoms with van der Waals surface area (Å²) in [7, 11) is 0. The van der Waals surface area contributed by atoms with Crippen LogP contribution >= 0.6 is 0 Å². The molecule has 8 heteroatoms. The van der Waals surface area contributed by atoms with E-state index in [4.69, 9.17) is 4.74 Å². The van der Waals surface area contributed by atoms with Gasteiger partial charge in [-0.05, 0) is 32.3 Å². The number of hydrogen-bond acceptors (Lipinski definition) is 6. The third kappa shape index (κ3) is 4.91. The lowest BCUT2D eigenvalue weighted by molar-refractivity contribution is -0.147. The number of aromatic nitrogens is 4. The van der Waals surface area contributed by atoms with Crippen molar-refractivity contribution in [3.8, 4) is 0 Å². The number of esters is 1. The molecule has 1 aromatic carbocycles. The zero-order valence-corrected chi connectivity index (χ0v) is 16.0. The minimum atomic E-state index is -0.480. The zero-order valence-electron chi connectivity index (χ0n) is 16.0. The van der Waals surface area contributed by atoms with E-state index in [9.17, 15) is 9.59 Å². The van der Waals surface area contributed by atoms with Crippen molar-refractivity contribution in [3.05, 3.63) is 59.2 Å². The molecular weight excluding hydrogens is 358 g/mol. The molecular formula is C20H23N5O3. The van der Waals surface area contributed by atoms with Crippen LogP contribution in [0.15, 0.2) is 36.7 Å². The molecule has 0 saturated heterocycles. The Labute approximate surface area is 163 Å². The van der Waals surface area contributed by atoms with Crippen LogP contribution in [0.5, 0.6) is 0 Å². The number of nitrogens with one attached hydrogen (secondary N) is 1. The summed E-state index contributed by atoms with van der Waals surface area (Å²) in [6.45, 7) is 3.90. The highest BCUT2D eigenvalue weighted by molar-refractivity contribution is 5.81. The van der Waals surface area contributed by atoms with E-state index in [1.54, 1.807) is 4.52 Å². The van der Waals surface area contributed by atoms with Gasteiger partial charge < -0.3 is 10.1 Å². The zero-order chi connectivity index (χ0) is 19.9. The second-order valence-corrected chi connectivity index (χ2v) is 6.51. The van der Waals surface area contributed by atoms with E-state index in [0.29, 0.717) is 18.0 Å². The molecule has 0 bridgehead atoms. The number of aryl methyl sites for hydroxylation is 3. The van der Waals surface area contributed by atoms with Crippen molar-refractivity contribution < 1.29 is 14.3 Å². The number of carbonyl (C=O) groups is 2. The summed E-state index contributed by atoms with van der Waals surface area (Å²) in [5, 5.41) is 6.86. The molecule has 2 aromatic heterocycles. The average Bonchev–Trinajstić information content (AvgIpc) is 3.16. The summed E-state index contributed by atoms with van der Waals surface area (Å²) in [5.74, 6) is -0.298. The number of nitrogens with zero attached hydrogens (tertiary/aromatic N) is 4. The molecule has 0 atom stereocenters. The summed E-state index contributed by atoms with van der Waals surface area (Å²) >= 11 is 0. The molecule has 1 amide bonds. The molecule has 0 spiro atoms. The van der Waals surface area contributed by atoms with Gasteiger partial charge in [-0.25, -0.2) is 9.50 Å². The van der Waals surface area contributed by atoms with Gasteiger partial charge in [-0.1, -0.05) is 30.3 Å². The maximum Gasteiger partial charge on any atom is 0.310 e. The highest BCUT2D eigenvalue weighted by Gasteiger charge is 2.16. The molecule has 8 nitrogen and oxygen atoms in total. The van der Waals surface area contributed by atoms with Crippen molar-refractivity contribution in [1.29, 1.82) is 0 Å². The predicted molar refractivity (Wildman–Crippen MR) is 103 cm³/mol. The van der Waals surface area contributed by atoms with Crippen LogP contribution in [0.2, 0.25) is 0 Å². The smallest absolute Gasteiger partial charge is 0.310 e. The van der Waals surface area contributed by atoms with E-state index in [1.165, 1.54) is 11.9 Å². The van der Waals surface area contributed by atoms with E-state index in [0.717, 1.165) is 24.1 Å². The van der Waals surface area contributed by atoms with Crippen LogP contribution in [0, 0.1) is 13.8 Å². The van der Waals surface area contributed by atoms with Gasteiger partial charge in [-0.2, -0.15) is 10.1 Å². The third-order valence-electron chi connectivity index (χ3n) is 4.48. The van der Waals surface area contributed by atoms with E-state index in [2.05, 4.69) is 32.5 Å². The van der Waals surface area contributed by atoms with Crippen molar-refractivity contribution in [2.24, 2.45) is 0 Å². The first-order chi connectivity index (χ1) is 13.5. The van der Waals surface area contributed by atoms with Crippen molar-refractivity contribution in [2.45, 2.75) is 33.1 Å². The van der Waals surface area contributed by atoms with Crippen molar-refractivity contribution in [2.75, 3.05) is 13.2 Å². The fraction of sp³-hybridized carbons (Fsp3) is 0.350. The Bertz CT molecular complexity index is 969. The van der Waals surface area contributed by atoms with Gasteiger partial charge in [0.2, 0.25) is 0 Å². The standard InChI is InChI=1S/C20H23N5O3/c1-14-17(15(2)25-20(24-14)22-13-23-25)11-19(27)28-12-18(26)21-10-6-9-16-7-4-3-5-8-16/h3-5,7-8,13H,6,9-12H2,1-2H3,(H,21,26). The summed E-state index contributed by atoms with van der Waals surface area (Å²) in [4.78, 5) is 32.4. The highest BCUT2D eigenvalue weighted by atomic mass is 16.5. The first-order valence-corrected chi connectivity index (χ1v) is 9.16. The van der Waals surface area contributed by atoms with Crippen LogP contribution in [-0.2, 0) is 27.2 Å². The normalized spacial score (nSPS) is 10.8. The molecule has 28 heavy (non-hydrogen) atoms. The first-order valence-electron chi connectivity index (χ1n) is 9.16. The Hall–Kier alpha value is -3.29. The number of carbonyl (C=O) groups excluding carboxylic acids is 2. The quantitative estimate of drug-likeness (QED) is 0.470. The molecule has 2 heterocycles. The number of hydrogen-bond donors (Lipinski definition) is 1. The lowest BCUT2D eigenvalue weighted by Crippen LogP contribution is -2.30. The molecule has 146 valence electrons. The Morgan fingerprint density at radius 3 is 2.75 bits per heavy atom. The molecule has 0 aliphatic rings. The molecule has 0 saturated carbocycles. The lowest BCUT2D eigenvalue weighted by atomic mass is 10.1.